The van der Waals surface area contributed by atoms with E-state index in [1.54, 1.807) is 6.92 Å². The highest BCUT2D eigenvalue weighted by Crippen LogP contribution is 2.08. The molecular formula is C15H22N2O3S. The molecule has 5 nitrogen and oxygen atoms in total. The van der Waals surface area contributed by atoms with Crippen LogP contribution in [-0.4, -0.2) is 48.0 Å². The van der Waals surface area contributed by atoms with Crippen LogP contribution in [0.3, 0.4) is 0 Å². The Bertz CT molecular complexity index is 440. The van der Waals surface area contributed by atoms with Crippen LogP contribution in [0, 0.1) is 0 Å². The Kier molecular flexibility index (Phi) is 8.54. The van der Waals surface area contributed by atoms with Gasteiger partial charge >= 0.3 is 5.97 Å². The normalized spacial score (nSPS) is 10.2. The van der Waals surface area contributed by atoms with E-state index in [0.29, 0.717) is 25.4 Å². The van der Waals surface area contributed by atoms with Crippen LogP contribution in [0.15, 0.2) is 30.3 Å². The lowest BCUT2D eigenvalue weighted by Gasteiger charge is -2.21. The van der Waals surface area contributed by atoms with Crippen molar-refractivity contribution in [3.63, 3.8) is 0 Å². The fourth-order valence-corrected chi connectivity index (χ4v) is 2.40. The van der Waals surface area contributed by atoms with Crippen LogP contribution in [0.4, 0.5) is 0 Å². The Morgan fingerprint density at radius 2 is 2.00 bits per heavy atom. The predicted octanol–water partition coefficient (Wildman–Crippen LogP) is 1.27. The number of amides is 1. The fourth-order valence-electron chi connectivity index (χ4n) is 1.73. The number of benzene rings is 1. The van der Waals surface area contributed by atoms with Crippen LogP contribution in [0.1, 0.15) is 12.5 Å². The van der Waals surface area contributed by atoms with Gasteiger partial charge in [-0.15, -0.1) is 0 Å². The molecule has 0 bridgehead atoms. The van der Waals surface area contributed by atoms with E-state index in [-0.39, 0.29) is 18.4 Å². The van der Waals surface area contributed by atoms with Crippen molar-refractivity contribution in [3.05, 3.63) is 35.9 Å². The van der Waals surface area contributed by atoms with E-state index in [1.165, 1.54) is 16.7 Å². The third kappa shape index (κ3) is 7.15. The van der Waals surface area contributed by atoms with E-state index in [9.17, 15) is 9.59 Å². The highest BCUT2D eigenvalue weighted by Gasteiger charge is 2.18. The molecule has 21 heavy (non-hydrogen) atoms. The smallest absolute Gasteiger partial charge is 0.325 e. The summed E-state index contributed by atoms with van der Waals surface area (Å²) in [4.78, 5) is 25.4. The van der Waals surface area contributed by atoms with Crippen molar-refractivity contribution in [2.24, 2.45) is 5.73 Å². The predicted molar refractivity (Wildman–Crippen MR) is 84.9 cm³/mol. The molecule has 1 rings (SSSR count). The molecule has 0 aromatic heterocycles. The molecule has 0 saturated carbocycles. The minimum absolute atomic E-state index is 0.0231. The van der Waals surface area contributed by atoms with E-state index < -0.39 is 0 Å². The summed E-state index contributed by atoms with van der Waals surface area (Å²) in [5.41, 5.74) is 6.40. The van der Waals surface area contributed by atoms with Gasteiger partial charge in [0.15, 0.2) is 0 Å². The van der Waals surface area contributed by atoms with Crippen LogP contribution in [-0.2, 0) is 20.9 Å². The van der Waals surface area contributed by atoms with Gasteiger partial charge in [0.1, 0.15) is 6.54 Å². The Morgan fingerprint density at radius 3 is 2.62 bits per heavy atom. The molecule has 6 heteroatoms. The molecule has 0 heterocycles. The maximum atomic E-state index is 12.2. The zero-order valence-corrected chi connectivity index (χ0v) is 13.1. The molecule has 0 aliphatic rings. The summed E-state index contributed by atoms with van der Waals surface area (Å²) >= 11 is 1.47. The average molecular weight is 310 g/mol. The lowest BCUT2D eigenvalue weighted by molar-refractivity contribution is -0.148. The number of carbonyl (C=O) groups is 2. The number of ether oxygens (including phenoxy) is 1. The van der Waals surface area contributed by atoms with E-state index in [0.717, 1.165) is 11.3 Å². The molecule has 1 aromatic rings. The zero-order chi connectivity index (χ0) is 15.5. The first-order valence-electron chi connectivity index (χ1n) is 6.92. The summed E-state index contributed by atoms with van der Waals surface area (Å²) in [6.45, 7) is 2.98. The van der Waals surface area contributed by atoms with Gasteiger partial charge in [-0.3, -0.25) is 9.59 Å². The van der Waals surface area contributed by atoms with Gasteiger partial charge in [-0.2, -0.15) is 11.8 Å². The molecule has 0 aliphatic carbocycles. The van der Waals surface area contributed by atoms with Gasteiger partial charge in [0.25, 0.3) is 0 Å². The van der Waals surface area contributed by atoms with Gasteiger partial charge in [-0.05, 0) is 12.5 Å². The van der Waals surface area contributed by atoms with Crippen molar-refractivity contribution in [2.75, 3.05) is 31.2 Å². The molecule has 1 amide bonds. The summed E-state index contributed by atoms with van der Waals surface area (Å²) in [6, 6.07) is 9.59. The fraction of sp³-hybridized carbons (Fsp3) is 0.467. The molecule has 116 valence electrons. The van der Waals surface area contributed by atoms with Crippen LogP contribution in [0.5, 0.6) is 0 Å². The maximum absolute atomic E-state index is 12.2. The van der Waals surface area contributed by atoms with Crippen molar-refractivity contribution >= 4 is 23.6 Å². The monoisotopic (exact) mass is 310 g/mol. The number of hydrogen-bond donors (Lipinski definition) is 1. The van der Waals surface area contributed by atoms with E-state index in [1.807, 2.05) is 30.3 Å². The van der Waals surface area contributed by atoms with E-state index in [2.05, 4.69) is 0 Å². The molecule has 0 saturated heterocycles. The highest BCUT2D eigenvalue weighted by molar-refractivity contribution is 7.99. The summed E-state index contributed by atoms with van der Waals surface area (Å²) in [6.07, 6.45) is 0. The van der Waals surface area contributed by atoms with Crippen molar-refractivity contribution in [1.29, 1.82) is 0 Å². The Hall–Kier alpha value is -1.53. The van der Waals surface area contributed by atoms with Crippen molar-refractivity contribution < 1.29 is 14.3 Å². The molecule has 2 N–H and O–H groups in total. The summed E-state index contributed by atoms with van der Waals surface area (Å²) in [7, 11) is 0. The molecule has 0 unspecified atom stereocenters. The van der Waals surface area contributed by atoms with Gasteiger partial charge in [-0.1, -0.05) is 30.3 Å². The SMILES string of the molecule is CCOC(=O)CN(Cc1ccccc1)C(=O)CSCCN. The lowest BCUT2D eigenvalue weighted by Crippen LogP contribution is -2.37. The Balaban J connectivity index is 2.64. The number of nitrogens with zero attached hydrogens (tertiary/aromatic N) is 1. The standard InChI is InChI=1S/C15H22N2O3S/c1-2-20-15(19)11-17(14(18)12-21-9-8-16)10-13-6-4-3-5-7-13/h3-7H,2,8-12,16H2,1H3. The van der Waals surface area contributed by atoms with E-state index in [4.69, 9.17) is 10.5 Å². The molecule has 0 radical (unpaired) electrons. The summed E-state index contributed by atoms with van der Waals surface area (Å²) < 4.78 is 4.93. The number of carbonyl (C=O) groups excluding carboxylic acids is 2. The Labute approximate surface area is 129 Å². The third-order valence-electron chi connectivity index (χ3n) is 2.68. The van der Waals surface area contributed by atoms with Crippen LogP contribution in [0.2, 0.25) is 0 Å². The van der Waals surface area contributed by atoms with Crippen molar-refractivity contribution in [1.82, 2.24) is 4.90 Å². The second-order valence-corrected chi connectivity index (χ2v) is 5.49. The largest absolute Gasteiger partial charge is 0.465 e. The summed E-state index contributed by atoms with van der Waals surface area (Å²) in [5, 5.41) is 0. The minimum Gasteiger partial charge on any atom is -0.465 e. The van der Waals surface area contributed by atoms with Gasteiger partial charge in [0.05, 0.1) is 12.4 Å². The topological polar surface area (TPSA) is 72.6 Å². The number of hydrogen-bond acceptors (Lipinski definition) is 5. The quantitative estimate of drug-likeness (QED) is 0.549. The number of esters is 1. The molecule has 0 atom stereocenters. The first-order valence-corrected chi connectivity index (χ1v) is 8.08. The van der Waals surface area contributed by atoms with Gasteiger partial charge in [-0.25, -0.2) is 0 Å². The molecule has 0 fully saturated rings. The molecule has 1 aromatic carbocycles. The average Bonchev–Trinajstić information content (AvgIpc) is 2.48. The minimum atomic E-state index is -0.384. The highest BCUT2D eigenvalue weighted by atomic mass is 32.2. The number of thioether (sulfide) groups is 1. The van der Waals surface area contributed by atoms with Crippen LogP contribution < -0.4 is 5.73 Å². The summed E-state index contributed by atoms with van der Waals surface area (Å²) in [5.74, 6) is 0.587. The van der Waals surface area contributed by atoms with E-state index >= 15 is 0 Å². The van der Waals surface area contributed by atoms with Crippen molar-refractivity contribution in [2.45, 2.75) is 13.5 Å². The van der Waals surface area contributed by atoms with Crippen molar-refractivity contribution in [3.8, 4) is 0 Å². The van der Waals surface area contributed by atoms with Crippen LogP contribution in [0.25, 0.3) is 0 Å². The van der Waals surface area contributed by atoms with Gasteiger partial charge in [0.2, 0.25) is 5.91 Å². The molecular weight excluding hydrogens is 288 g/mol. The van der Waals surface area contributed by atoms with Crippen LogP contribution >= 0.6 is 11.8 Å². The number of rotatable bonds is 9. The maximum Gasteiger partial charge on any atom is 0.325 e. The first-order chi connectivity index (χ1) is 10.2. The second kappa shape index (κ2) is 10.2. The Morgan fingerprint density at radius 1 is 1.29 bits per heavy atom. The lowest BCUT2D eigenvalue weighted by atomic mass is 10.2. The first kappa shape index (κ1) is 17.5. The second-order valence-electron chi connectivity index (χ2n) is 4.38. The molecule has 0 aliphatic heterocycles. The molecule has 0 spiro atoms. The zero-order valence-electron chi connectivity index (χ0n) is 12.3. The number of nitrogens with two attached hydrogens (primary N) is 1. The van der Waals surface area contributed by atoms with Gasteiger partial charge in [0, 0.05) is 18.8 Å². The van der Waals surface area contributed by atoms with Gasteiger partial charge < -0.3 is 15.4 Å². The third-order valence-corrected chi connectivity index (χ3v) is 3.66.